The Kier molecular flexibility index (Phi) is 6.29. The molecule has 0 aromatic carbocycles. The summed E-state index contributed by atoms with van der Waals surface area (Å²) in [7, 11) is 0. The Bertz CT molecular complexity index is 132. The molecule has 0 heterocycles. The highest BCUT2D eigenvalue weighted by Crippen LogP contribution is 1.84. The van der Waals surface area contributed by atoms with E-state index in [1.807, 2.05) is 12.5 Å². The molecule has 0 bridgehead atoms. The maximum atomic E-state index is 3.56. The second kappa shape index (κ2) is 7.04. The minimum absolute atomic E-state index is 0.771. The molecule has 0 amide bonds. The van der Waals surface area contributed by atoms with E-state index in [1.165, 1.54) is 0 Å². The first-order valence-electron chi connectivity index (χ1n) is 2.93. The summed E-state index contributed by atoms with van der Waals surface area (Å²) < 4.78 is 0. The molecular weight excluding hydrogens is 108 g/mol. The molecule has 0 aliphatic carbocycles. The van der Waals surface area contributed by atoms with Gasteiger partial charge >= 0.3 is 0 Å². The average Bonchev–Trinajstić information content (AvgIpc) is 1.89. The van der Waals surface area contributed by atoms with E-state index in [9.17, 15) is 0 Å². The van der Waals surface area contributed by atoms with Crippen molar-refractivity contribution >= 4 is 0 Å². The highest BCUT2D eigenvalue weighted by molar-refractivity contribution is 5.12. The normalized spacial score (nSPS) is 7.11. The Morgan fingerprint density at radius 3 is 2.56 bits per heavy atom. The second-order valence-electron chi connectivity index (χ2n) is 1.54. The van der Waals surface area contributed by atoms with Crippen LogP contribution in [0.4, 0.5) is 0 Å². The molecule has 0 nitrogen and oxygen atoms in total. The highest BCUT2D eigenvalue weighted by Gasteiger charge is 1.71. The monoisotopic (exact) mass is 119 g/mol. The van der Waals surface area contributed by atoms with E-state index in [-0.39, 0.29) is 0 Å². The lowest BCUT2D eigenvalue weighted by Gasteiger charge is -1.77. The van der Waals surface area contributed by atoms with E-state index in [4.69, 9.17) is 0 Å². The molecular formula is C9H11. The van der Waals surface area contributed by atoms with Crippen molar-refractivity contribution in [2.75, 3.05) is 0 Å². The number of allylic oxidation sites excluding steroid dienone is 2. The molecule has 0 aromatic heterocycles. The minimum Gasteiger partial charge on any atom is -0.103 e. The summed E-state index contributed by atoms with van der Waals surface area (Å²) >= 11 is 0. The van der Waals surface area contributed by atoms with Crippen LogP contribution in [0.15, 0.2) is 25.3 Å². The van der Waals surface area contributed by atoms with Gasteiger partial charge in [-0.3, -0.25) is 0 Å². The molecule has 0 aromatic rings. The van der Waals surface area contributed by atoms with Gasteiger partial charge in [0.15, 0.2) is 0 Å². The van der Waals surface area contributed by atoms with Crippen molar-refractivity contribution in [3.8, 4) is 11.8 Å². The third-order valence-corrected chi connectivity index (χ3v) is 0.735. The Labute approximate surface area is 57.3 Å². The molecule has 0 aliphatic rings. The van der Waals surface area contributed by atoms with E-state index in [1.54, 1.807) is 6.08 Å². The van der Waals surface area contributed by atoms with Crippen LogP contribution in [0.1, 0.15) is 12.8 Å². The minimum atomic E-state index is 0.771. The Morgan fingerprint density at radius 2 is 2.00 bits per heavy atom. The highest BCUT2D eigenvalue weighted by atomic mass is 13.7. The first kappa shape index (κ1) is 8.04. The molecule has 0 fully saturated rings. The van der Waals surface area contributed by atoms with Gasteiger partial charge in [0.1, 0.15) is 0 Å². The van der Waals surface area contributed by atoms with Gasteiger partial charge in [-0.05, 0) is 6.42 Å². The fourth-order valence-corrected chi connectivity index (χ4v) is 0.346. The number of unbranched alkanes of at least 4 members (excludes halogenated alkanes) is 1. The van der Waals surface area contributed by atoms with Crippen molar-refractivity contribution in [2.24, 2.45) is 0 Å². The SMILES string of the molecule is C=CCC#C[CH]CC=C. The van der Waals surface area contributed by atoms with Gasteiger partial charge in [-0.2, -0.15) is 0 Å². The quantitative estimate of drug-likeness (QED) is 0.304. The second-order valence-corrected chi connectivity index (χ2v) is 1.54. The number of rotatable bonds is 3. The van der Waals surface area contributed by atoms with Crippen LogP contribution in [-0.4, -0.2) is 0 Å². The van der Waals surface area contributed by atoms with Gasteiger partial charge < -0.3 is 0 Å². The predicted octanol–water partition coefficient (Wildman–Crippen LogP) is 2.35. The Morgan fingerprint density at radius 1 is 1.22 bits per heavy atom. The fourth-order valence-electron chi connectivity index (χ4n) is 0.346. The number of hydrogen-bond donors (Lipinski definition) is 0. The zero-order chi connectivity index (χ0) is 6.95. The van der Waals surface area contributed by atoms with E-state index >= 15 is 0 Å². The smallest absolute Gasteiger partial charge is 0.0378 e. The predicted molar refractivity (Wildman–Crippen MR) is 41.7 cm³/mol. The molecule has 0 saturated heterocycles. The van der Waals surface area contributed by atoms with Gasteiger partial charge in [0, 0.05) is 12.8 Å². The zero-order valence-corrected chi connectivity index (χ0v) is 5.56. The summed E-state index contributed by atoms with van der Waals surface area (Å²) in [6.45, 7) is 7.10. The molecule has 0 saturated carbocycles. The van der Waals surface area contributed by atoms with Crippen molar-refractivity contribution in [3.05, 3.63) is 31.7 Å². The van der Waals surface area contributed by atoms with Crippen molar-refractivity contribution in [3.63, 3.8) is 0 Å². The van der Waals surface area contributed by atoms with Crippen LogP contribution in [0.2, 0.25) is 0 Å². The fraction of sp³-hybridized carbons (Fsp3) is 0.222. The van der Waals surface area contributed by atoms with Gasteiger partial charge in [-0.25, -0.2) is 0 Å². The summed E-state index contributed by atoms with van der Waals surface area (Å²) in [5, 5.41) is 0. The molecule has 0 aliphatic heterocycles. The van der Waals surface area contributed by atoms with Crippen LogP contribution in [0, 0.1) is 18.3 Å². The van der Waals surface area contributed by atoms with Crippen LogP contribution in [0.25, 0.3) is 0 Å². The van der Waals surface area contributed by atoms with Crippen LogP contribution in [0.5, 0.6) is 0 Å². The Hall–Kier alpha value is -0.960. The lowest BCUT2D eigenvalue weighted by atomic mass is 10.3. The van der Waals surface area contributed by atoms with Crippen molar-refractivity contribution in [2.45, 2.75) is 12.8 Å². The number of hydrogen-bond acceptors (Lipinski definition) is 0. The lowest BCUT2D eigenvalue weighted by Crippen LogP contribution is -1.64. The van der Waals surface area contributed by atoms with Gasteiger partial charge in [0.25, 0.3) is 0 Å². The molecule has 47 valence electrons. The first-order chi connectivity index (χ1) is 4.41. The zero-order valence-electron chi connectivity index (χ0n) is 5.56. The van der Waals surface area contributed by atoms with Crippen LogP contribution >= 0.6 is 0 Å². The standard InChI is InChI=1S/C9H11/c1-3-5-7-9-8-6-4-2/h3-4,7H,1-2,5-6H2. The Balaban J connectivity index is 3.14. The molecule has 0 unspecified atom stereocenters. The van der Waals surface area contributed by atoms with E-state index in [2.05, 4.69) is 25.0 Å². The molecule has 0 spiro atoms. The maximum Gasteiger partial charge on any atom is 0.0378 e. The molecule has 0 atom stereocenters. The van der Waals surface area contributed by atoms with E-state index < -0.39 is 0 Å². The van der Waals surface area contributed by atoms with Crippen molar-refractivity contribution < 1.29 is 0 Å². The molecule has 0 heteroatoms. The summed E-state index contributed by atoms with van der Waals surface area (Å²) in [4.78, 5) is 0. The van der Waals surface area contributed by atoms with Gasteiger partial charge in [-0.15, -0.1) is 13.2 Å². The molecule has 0 rings (SSSR count). The van der Waals surface area contributed by atoms with Gasteiger partial charge in [0.2, 0.25) is 0 Å². The van der Waals surface area contributed by atoms with Crippen LogP contribution in [0.3, 0.4) is 0 Å². The van der Waals surface area contributed by atoms with Crippen molar-refractivity contribution in [1.82, 2.24) is 0 Å². The maximum absolute atomic E-state index is 3.56. The van der Waals surface area contributed by atoms with Crippen molar-refractivity contribution in [1.29, 1.82) is 0 Å². The summed E-state index contributed by atoms with van der Waals surface area (Å²) in [6, 6.07) is 0. The van der Waals surface area contributed by atoms with Gasteiger partial charge in [-0.1, -0.05) is 24.0 Å². The first-order valence-corrected chi connectivity index (χ1v) is 2.93. The average molecular weight is 119 g/mol. The van der Waals surface area contributed by atoms with Crippen LogP contribution < -0.4 is 0 Å². The third kappa shape index (κ3) is 7.04. The summed E-state index contributed by atoms with van der Waals surface area (Å²) in [5.41, 5.74) is 0. The molecule has 0 N–H and O–H groups in total. The summed E-state index contributed by atoms with van der Waals surface area (Å²) in [5.74, 6) is 5.77. The van der Waals surface area contributed by atoms with Crippen LogP contribution in [-0.2, 0) is 0 Å². The van der Waals surface area contributed by atoms with E-state index in [0.717, 1.165) is 12.8 Å². The molecule has 9 heavy (non-hydrogen) atoms. The topological polar surface area (TPSA) is 0 Å². The van der Waals surface area contributed by atoms with E-state index in [0.29, 0.717) is 0 Å². The summed E-state index contributed by atoms with van der Waals surface area (Å²) in [6.07, 6.45) is 7.13. The third-order valence-electron chi connectivity index (χ3n) is 0.735. The molecule has 1 radical (unpaired) electrons. The van der Waals surface area contributed by atoms with Gasteiger partial charge in [0.05, 0.1) is 0 Å². The largest absolute Gasteiger partial charge is 0.103 e. The lowest BCUT2D eigenvalue weighted by molar-refractivity contribution is 1.32.